The van der Waals surface area contributed by atoms with Crippen LogP contribution >= 0.6 is 0 Å². The first-order valence-corrected chi connectivity index (χ1v) is 8.85. The zero-order valence-electron chi connectivity index (χ0n) is 10.8. The lowest BCUT2D eigenvalue weighted by molar-refractivity contribution is 0.112. The van der Waals surface area contributed by atoms with Crippen molar-refractivity contribution in [2.45, 2.75) is 30.9 Å². The fraction of sp³-hybridized carbons (Fsp3) is 0.800. The second-order valence-electron chi connectivity index (χ2n) is 4.72. The van der Waals surface area contributed by atoms with E-state index in [-0.39, 0.29) is 21.2 Å². The van der Waals surface area contributed by atoms with Crippen molar-refractivity contribution >= 4 is 20.8 Å². The molecular formula is C10H19N3O4S2. The molecular weight excluding hydrogens is 290 g/mol. The van der Waals surface area contributed by atoms with Crippen molar-refractivity contribution in [1.29, 1.82) is 0 Å². The minimum atomic E-state index is -4.01. The average molecular weight is 309 g/mol. The van der Waals surface area contributed by atoms with Gasteiger partial charge in [0.2, 0.25) is 10.0 Å². The Bertz CT molecular complexity index is 531. The van der Waals surface area contributed by atoms with Crippen molar-refractivity contribution < 1.29 is 17.7 Å². The van der Waals surface area contributed by atoms with E-state index in [0.29, 0.717) is 13.0 Å². The molecule has 0 spiro atoms. The summed E-state index contributed by atoms with van der Waals surface area (Å²) in [5, 5.41) is 20.9. The van der Waals surface area contributed by atoms with Gasteiger partial charge in [0.1, 0.15) is 11.0 Å². The summed E-state index contributed by atoms with van der Waals surface area (Å²) in [6, 6.07) is -0.101. The zero-order valence-corrected chi connectivity index (χ0v) is 12.4. The van der Waals surface area contributed by atoms with E-state index >= 15 is 0 Å². The van der Waals surface area contributed by atoms with Crippen molar-refractivity contribution in [3.8, 4) is 0 Å². The van der Waals surface area contributed by atoms with Gasteiger partial charge in [-0.15, -0.1) is 0 Å². The van der Waals surface area contributed by atoms with Gasteiger partial charge in [0, 0.05) is 16.9 Å². The number of hydrogen-bond acceptors (Lipinski definition) is 6. The van der Waals surface area contributed by atoms with E-state index in [2.05, 4.69) is 10.6 Å². The molecule has 0 radical (unpaired) electrons. The molecule has 1 aliphatic heterocycles. The third-order valence-corrected chi connectivity index (χ3v) is 6.70. The summed E-state index contributed by atoms with van der Waals surface area (Å²) in [5.74, 6) is -0.432. The Hall–Kier alpha value is -0.320. The van der Waals surface area contributed by atoms with Crippen molar-refractivity contribution in [3.63, 3.8) is 0 Å². The van der Waals surface area contributed by atoms with Crippen LogP contribution in [0.4, 0.5) is 0 Å². The lowest BCUT2D eigenvalue weighted by Gasteiger charge is -2.47. The van der Waals surface area contributed by atoms with Crippen LogP contribution in [0.3, 0.4) is 0 Å². The Morgan fingerprint density at radius 3 is 2.63 bits per heavy atom. The zero-order chi connectivity index (χ0) is 14.4. The maximum absolute atomic E-state index is 12.3. The Kier molecular flexibility index (Phi) is 4.15. The molecule has 1 fully saturated rings. The van der Waals surface area contributed by atoms with Crippen LogP contribution in [-0.2, 0) is 20.8 Å². The van der Waals surface area contributed by atoms with Crippen LogP contribution in [0.2, 0.25) is 0 Å². The number of fused-ring (bicyclic) bond motifs is 1. The third kappa shape index (κ3) is 2.39. The molecule has 19 heavy (non-hydrogen) atoms. The highest BCUT2D eigenvalue weighted by Crippen LogP contribution is 2.46. The standard InChI is InChI=1S/C10H19N3O4S2/c1-3-13-5-4-6(12-2)18(15)9-7(5)8(14)10(9)19(11,16)17/h5-8,12-14H,3-4H2,1-2H3,(H2,11,16,17). The Balaban J connectivity index is 2.46. The highest BCUT2D eigenvalue weighted by molar-refractivity contribution is 7.95. The maximum Gasteiger partial charge on any atom is 0.237 e. The molecule has 5 atom stereocenters. The second-order valence-corrected chi connectivity index (χ2v) is 7.85. The molecule has 0 amide bonds. The number of aliphatic hydroxyl groups excluding tert-OH is 1. The maximum atomic E-state index is 12.3. The molecule has 1 heterocycles. The smallest absolute Gasteiger partial charge is 0.237 e. The fourth-order valence-corrected chi connectivity index (χ4v) is 6.06. The normalized spacial score (nSPS) is 38.8. The molecule has 9 heteroatoms. The predicted octanol–water partition coefficient (Wildman–Crippen LogP) is -1.85. The summed E-state index contributed by atoms with van der Waals surface area (Å²) in [6.45, 7) is 2.61. The molecule has 0 aromatic carbocycles. The summed E-state index contributed by atoms with van der Waals surface area (Å²) >= 11 is 0. The van der Waals surface area contributed by atoms with Crippen LogP contribution < -0.4 is 15.8 Å². The van der Waals surface area contributed by atoms with Gasteiger partial charge in [-0.3, -0.25) is 4.21 Å². The van der Waals surface area contributed by atoms with Gasteiger partial charge in [0.25, 0.3) is 0 Å². The molecule has 2 aliphatic rings. The summed E-state index contributed by atoms with van der Waals surface area (Å²) in [4.78, 5) is 0.00485. The van der Waals surface area contributed by atoms with Crippen LogP contribution in [0, 0.1) is 5.92 Å². The lowest BCUT2D eigenvalue weighted by Crippen LogP contribution is -2.59. The Morgan fingerprint density at radius 2 is 2.16 bits per heavy atom. The third-order valence-electron chi connectivity index (χ3n) is 3.63. The highest BCUT2D eigenvalue weighted by atomic mass is 32.2. The first kappa shape index (κ1) is 15.1. The monoisotopic (exact) mass is 309 g/mol. The minimum absolute atomic E-state index is 0.101. The van der Waals surface area contributed by atoms with E-state index in [1.165, 1.54) is 0 Å². The van der Waals surface area contributed by atoms with Crippen LogP contribution in [-0.4, -0.2) is 48.8 Å². The average Bonchev–Trinajstić information content (AvgIpc) is 2.29. The minimum Gasteiger partial charge on any atom is -0.387 e. The van der Waals surface area contributed by atoms with Crippen molar-refractivity contribution in [2.75, 3.05) is 13.6 Å². The van der Waals surface area contributed by atoms with Gasteiger partial charge < -0.3 is 15.7 Å². The van der Waals surface area contributed by atoms with Gasteiger partial charge >= 0.3 is 0 Å². The first-order valence-electron chi connectivity index (χ1n) is 6.09. The van der Waals surface area contributed by atoms with Crippen molar-refractivity contribution in [1.82, 2.24) is 10.6 Å². The lowest BCUT2D eigenvalue weighted by atomic mass is 9.81. The Labute approximate surface area is 115 Å². The van der Waals surface area contributed by atoms with E-state index in [4.69, 9.17) is 5.14 Å². The van der Waals surface area contributed by atoms with Gasteiger partial charge in [-0.2, -0.15) is 0 Å². The number of aliphatic hydroxyl groups is 1. The molecule has 0 saturated carbocycles. The van der Waals surface area contributed by atoms with Gasteiger partial charge in [0.15, 0.2) is 0 Å². The summed E-state index contributed by atoms with van der Waals surface area (Å²) in [5.41, 5.74) is 0. The summed E-state index contributed by atoms with van der Waals surface area (Å²) < 4.78 is 35.2. The van der Waals surface area contributed by atoms with Gasteiger partial charge in [-0.1, -0.05) is 6.92 Å². The largest absolute Gasteiger partial charge is 0.387 e. The van der Waals surface area contributed by atoms with Gasteiger partial charge in [-0.25, -0.2) is 13.6 Å². The van der Waals surface area contributed by atoms with Crippen LogP contribution in [0.15, 0.2) is 9.81 Å². The number of sulfonamides is 1. The quantitative estimate of drug-likeness (QED) is 0.484. The molecule has 1 aliphatic carbocycles. The number of rotatable bonds is 4. The fourth-order valence-electron chi connectivity index (χ4n) is 2.78. The number of nitrogens with two attached hydrogens (primary N) is 1. The molecule has 5 unspecified atom stereocenters. The number of nitrogens with one attached hydrogen (secondary N) is 2. The molecule has 0 aromatic rings. The topological polar surface area (TPSA) is 122 Å². The number of hydrogen-bond donors (Lipinski definition) is 4. The van der Waals surface area contributed by atoms with Crippen LogP contribution in [0.25, 0.3) is 0 Å². The molecule has 1 saturated heterocycles. The van der Waals surface area contributed by atoms with E-state index in [1.807, 2.05) is 6.92 Å². The highest BCUT2D eigenvalue weighted by Gasteiger charge is 2.54. The summed E-state index contributed by atoms with van der Waals surface area (Å²) in [6.07, 6.45) is -0.587. The van der Waals surface area contributed by atoms with E-state index in [9.17, 15) is 17.7 Å². The van der Waals surface area contributed by atoms with Crippen LogP contribution in [0.5, 0.6) is 0 Å². The summed E-state index contributed by atoms with van der Waals surface area (Å²) in [7, 11) is -3.81. The molecule has 0 aromatic heterocycles. The van der Waals surface area contributed by atoms with E-state index < -0.39 is 32.8 Å². The Morgan fingerprint density at radius 1 is 1.53 bits per heavy atom. The van der Waals surface area contributed by atoms with Crippen LogP contribution in [0.1, 0.15) is 13.3 Å². The predicted molar refractivity (Wildman–Crippen MR) is 72.7 cm³/mol. The van der Waals surface area contributed by atoms with Gasteiger partial charge in [-0.05, 0) is 20.0 Å². The van der Waals surface area contributed by atoms with Gasteiger partial charge in [0.05, 0.1) is 16.2 Å². The van der Waals surface area contributed by atoms with Crippen molar-refractivity contribution in [2.24, 2.45) is 11.1 Å². The number of primary sulfonamides is 1. The molecule has 5 N–H and O–H groups in total. The molecule has 110 valence electrons. The van der Waals surface area contributed by atoms with Crippen molar-refractivity contribution in [3.05, 3.63) is 9.81 Å². The molecule has 7 nitrogen and oxygen atoms in total. The SMILES string of the molecule is CCNC1CC(NC)S(=O)C2=C(S(N)(=O)=O)C(O)C21. The molecule has 2 rings (SSSR count). The molecule has 0 bridgehead atoms. The van der Waals surface area contributed by atoms with E-state index in [0.717, 1.165) is 0 Å². The van der Waals surface area contributed by atoms with E-state index in [1.54, 1.807) is 7.05 Å². The first-order chi connectivity index (χ1) is 8.82. The second kappa shape index (κ2) is 5.23.